The molecule has 144 valence electrons. The number of amides is 1. The van der Waals surface area contributed by atoms with Crippen LogP contribution in [0.5, 0.6) is 0 Å². The lowest BCUT2D eigenvalue weighted by atomic mass is 9.86. The van der Waals surface area contributed by atoms with Crippen molar-refractivity contribution in [3.8, 4) is 0 Å². The summed E-state index contributed by atoms with van der Waals surface area (Å²) < 4.78 is 3.17. The van der Waals surface area contributed by atoms with E-state index >= 15 is 0 Å². The molecule has 1 aliphatic heterocycles. The Balaban J connectivity index is 1.63. The summed E-state index contributed by atoms with van der Waals surface area (Å²) in [6.07, 6.45) is 5.30. The fourth-order valence-electron chi connectivity index (χ4n) is 3.74. The Labute approximate surface area is 163 Å². The number of benzene rings is 1. The van der Waals surface area contributed by atoms with Crippen LogP contribution in [0.2, 0.25) is 0 Å². The predicted octanol–water partition coefficient (Wildman–Crippen LogP) is 1.77. The second-order valence-electron chi connectivity index (χ2n) is 7.36. The number of aromatic nitrogens is 4. The van der Waals surface area contributed by atoms with Crippen LogP contribution < -0.4 is 5.56 Å². The first-order valence-electron chi connectivity index (χ1n) is 9.31. The van der Waals surface area contributed by atoms with Gasteiger partial charge in [-0.1, -0.05) is 24.3 Å². The van der Waals surface area contributed by atoms with E-state index < -0.39 is 0 Å². The minimum absolute atomic E-state index is 0.00508. The van der Waals surface area contributed by atoms with E-state index in [2.05, 4.69) is 22.2 Å². The molecular formula is C21H23N5O2. The minimum Gasteiger partial charge on any atom is -0.336 e. The summed E-state index contributed by atoms with van der Waals surface area (Å²) >= 11 is 0. The van der Waals surface area contributed by atoms with Crippen molar-refractivity contribution in [2.75, 3.05) is 6.54 Å². The number of carbonyl (C=O) groups excluding carboxylic acids is 1. The standard InChI is InChI=1S/C21H23N5O2/c1-14-15(2)22-13-26(21(14)28)12-20(27)25-10-16-6-4-5-7-18(16)19(11-25)17-8-23-24(3)9-17/h4-9,13,19H,10-12H2,1-3H3. The van der Waals surface area contributed by atoms with Crippen molar-refractivity contribution in [2.24, 2.45) is 7.05 Å². The van der Waals surface area contributed by atoms with Gasteiger partial charge in [-0.2, -0.15) is 5.10 Å². The van der Waals surface area contributed by atoms with E-state index in [9.17, 15) is 9.59 Å². The third-order valence-corrected chi connectivity index (χ3v) is 5.50. The average molecular weight is 377 g/mol. The molecule has 0 bridgehead atoms. The van der Waals surface area contributed by atoms with Gasteiger partial charge in [-0.25, -0.2) is 4.98 Å². The summed E-state index contributed by atoms with van der Waals surface area (Å²) in [5.74, 6) is -0.0206. The first-order valence-corrected chi connectivity index (χ1v) is 9.31. The van der Waals surface area contributed by atoms with Gasteiger partial charge in [-0.05, 0) is 30.5 Å². The van der Waals surface area contributed by atoms with Crippen molar-refractivity contribution in [2.45, 2.75) is 32.9 Å². The van der Waals surface area contributed by atoms with E-state index in [0.717, 1.165) is 11.1 Å². The number of hydrogen-bond acceptors (Lipinski definition) is 4. The van der Waals surface area contributed by atoms with Crippen LogP contribution in [0, 0.1) is 13.8 Å². The van der Waals surface area contributed by atoms with Crippen LogP contribution in [0.15, 0.2) is 47.8 Å². The number of fused-ring (bicyclic) bond motifs is 1. The lowest BCUT2D eigenvalue weighted by molar-refractivity contribution is -0.133. The van der Waals surface area contributed by atoms with E-state index in [1.54, 1.807) is 18.5 Å². The molecule has 1 atom stereocenters. The quantitative estimate of drug-likeness (QED) is 0.697. The second-order valence-corrected chi connectivity index (χ2v) is 7.36. The molecule has 2 aromatic heterocycles. The first-order chi connectivity index (χ1) is 13.4. The largest absolute Gasteiger partial charge is 0.336 e. The summed E-state index contributed by atoms with van der Waals surface area (Å²) in [5.41, 5.74) is 4.54. The van der Waals surface area contributed by atoms with Crippen LogP contribution in [0.1, 0.15) is 33.9 Å². The van der Waals surface area contributed by atoms with Gasteiger partial charge in [0, 0.05) is 43.5 Å². The van der Waals surface area contributed by atoms with E-state index in [1.807, 2.05) is 36.5 Å². The number of nitrogens with zero attached hydrogens (tertiary/aromatic N) is 5. The topological polar surface area (TPSA) is 73.0 Å². The molecule has 3 heterocycles. The van der Waals surface area contributed by atoms with Crippen molar-refractivity contribution in [3.05, 3.63) is 81.3 Å². The highest BCUT2D eigenvalue weighted by Gasteiger charge is 2.30. The molecule has 0 spiro atoms. The Morgan fingerprint density at radius 3 is 2.79 bits per heavy atom. The van der Waals surface area contributed by atoms with Crippen LogP contribution in [0.25, 0.3) is 0 Å². The normalized spacial score (nSPS) is 16.1. The third kappa shape index (κ3) is 3.24. The molecule has 0 aliphatic carbocycles. The number of carbonyl (C=O) groups is 1. The molecule has 0 N–H and O–H groups in total. The molecular weight excluding hydrogens is 354 g/mol. The molecule has 0 saturated heterocycles. The Kier molecular flexibility index (Phi) is 4.58. The average Bonchev–Trinajstić information content (AvgIpc) is 3.13. The van der Waals surface area contributed by atoms with E-state index in [0.29, 0.717) is 24.3 Å². The van der Waals surface area contributed by atoms with Crippen LogP contribution in [0.4, 0.5) is 0 Å². The van der Waals surface area contributed by atoms with Gasteiger partial charge in [0.15, 0.2) is 0 Å². The molecule has 3 aromatic rings. The summed E-state index contributed by atoms with van der Waals surface area (Å²) in [7, 11) is 1.89. The highest BCUT2D eigenvalue weighted by Crippen LogP contribution is 2.33. The van der Waals surface area contributed by atoms with E-state index in [-0.39, 0.29) is 23.9 Å². The van der Waals surface area contributed by atoms with Crippen molar-refractivity contribution in [1.29, 1.82) is 0 Å². The van der Waals surface area contributed by atoms with Crippen LogP contribution >= 0.6 is 0 Å². The van der Waals surface area contributed by atoms with Crippen LogP contribution in [0.3, 0.4) is 0 Å². The molecule has 0 saturated carbocycles. The van der Waals surface area contributed by atoms with Gasteiger partial charge in [-0.15, -0.1) is 0 Å². The molecule has 0 radical (unpaired) electrons. The van der Waals surface area contributed by atoms with Gasteiger partial charge < -0.3 is 4.90 Å². The maximum Gasteiger partial charge on any atom is 0.256 e. The smallest absolute Gasteiger partial charge is 0.256 e. The van der Waals surface area contributed by atoms with Crippen molar-refractivity contribution in [3.63, 3.8) is 0 Å². The van der Waals surface area contributed by atoms with Gasteiger partial charge >= 0.3 is 0 Å². The zero-order chi connectivity index (χ0) is 19.8. The lowest BCUT2D eigenvalue weighted by Gasteiger charge is -2.34. The molecule has 7 nitrogen and oxygen atoms in total. The van der Waals surface area contributed by atoms with E-state index in [4.69, 9.17) is 0 Å². The Morgan fingerprint density at radius 2 is 2.04 bits per heavy atom. The monoisotopic (exact) mass is 377 g/mol. The van der Waals surface area contributed by atoms with Crippen LogP contribution in [-0.4, -0.2) is 36.7 Å². The van der Waals surface area contributed by atoms with Crippen molar-refractivity contribution < 1.29 is 4.79 Å². The van der Waals surface area contributed by atoms with Gasteiger partial charge in [0.2, 0.25) is 5.91 Å². The fourth-order valence-corrected chi connectivity index (χ4v) is 3.74. The molecule has 4 rings (SSSR count). The minimum atomic E-state index is -0.165. The highest BCUT2D eigenvalue weighted by molar-refractivity contribution is 5.76. The Morgan fingerprint density at radius 1 is 1.25 bits per heavy atom. The van der Waals surface area contributed by atoms with E-state index in [1.165, 1.54) is 16.5 Å². The number of rotatable bonds is 3. The maximum atomic E-state index is 13.0. The van der Waals surface area contributed by atoms with Gasteiger partial charge in [0.1, 0.15) is 6.54 Å². The summed E-state index contributed by atoms with van der Waals surface area (Å²) in [6, 6.07) is 8.19. The highest BCUT2D eigenvalue weighted by atomic mass is 16.2. The third-order valence-electron chi connectivity index (χ3n) is 5.50. The number of hydrogen-bond donors (Lipinski definition) is 0. The van der Waals surface area contributed by atoms with Crippen molar-refractivity contribution >= 4 is 5.91 Å². The molecule has 1 aromatic carbocycles. The maximum absolute atomic E-state index is 13.0. The van der Waals surface area contributed by atoms with Crippen LogP contribution in [-0.2, 0) is 24.9 Å². The summed E-state index contributed by atoms with van der Waals surface area (Å²) in [6.45, 7) is 4.63. The number of aryl methyl sites for hydroxylation is 2. The molecule has 1 aliphatic rings. The Bertz CT molecular complexity index is 1100. The zero-order valence-corrected chi connectivity index (χ0v) is 16.3. The lowest BCUT2D eigenvalue weighted by Crippen LogP contribution is -2.41. The molecule has 1 amide bonds. The van der Waals surface area contributed by atoms with Crippen molar-refractivity contribution in [1.82, 2.24) is 24.2 Å². The first kappa shape index (κ1) is 18.2. The summed E-state index contributed by atoms with van der Waals surface area (Å²) in [5, 5.41) is 4.29. The molecule has 0 fully saturated rings. The SMILES string of the molecule is Cc1ncn(CC(=O)N2Cc3ccccc3C(c3cnn(C)c3)C2)c(=O)c1C. The second kappa shape index (κ2) is 7.07. The Hall–Kier alpha value is -3.22. The fraction of sp³-hybridized carbons (Fsp3) is 0.333. The van der Waals surface area contributed by atoms with Gasteiger partial charge in [0.05, 0.1) is 12.5 Å². The molecule has 7 heteroatoms. The molecule has 28 heavy (non-hydrogen) atoms. The predicted molar refractivity (Wildman–Crippen MR) is 105 cm³/mol. The van der Waals surface area contributed by atoms with Gasteiger partial charge in [0.25, 0.3) is 5.56 Å². The summed E-state index contributed by atoms with van der Waals surface area (Å²) in [4.78, 5) is 31.5. The molecule has 1 unspecified atom stereocenters. The zero-order valence-electron chi connectivity index (χ0n) is 16.3. The van der Waals surface area contributed by atoms with Gasteiger partial charge in [-0.3, -0.25) is 18.8 Å².